The molecule has 6 rings (SSSR count). The van der Waals surface area contributed by atoms with Crippen LogP contribution in [0.1, 0.15) is 50.9 Å². The maximum atomic E-state index is 13.8. The molecule has 1 amide bonds. The van der Waals surface area contributed by atoms with Crippen LogP contribution in [0.5, 0.6) is 0 Å². The van der Waals surface area contributed by atoms with Crippen molar-refractivity contribution in [1.29, 1.82) is 0 Å². The van der Waals surface area contributed by atoms with Gasteiger partial charge in [0.2, 0.25) is 0 Å². The smallest absolute Gasteiger partial charge is 0.254 e. The van der Waals surface area contributed by atoms with Gasteiger partial charge in [-0.25, -0.2) is 0 Å². The van der Waals surface area contributed by atoms with Gasteiger partial charge in [0.1, 0.15) is 0 Å². The zero-order chi connectivity index (χ0) is 20.8. The standard InChI is InChI=1S/C28H24N2O/c31-28(22-15-14-19-8-4-5-11-21(19)18-22)30-17-16-24-23-12-6-7-13-25(23)29-26(24)27(30)20-9-2-1-3-10-20/h1-5,7-11,13-15,18,27,29H,6,12,16-17H2. The van der Waals surface area contributed by atoms with E-state index in [4.69, 9.17) is 0 Å². The van der Waals surface area contributed by atoms with E-state index >= 15 is 0 Å². The first kappa shape index (κ1) is 18.2. The lowest BCUT2D eigenvalue weighted by atomic mass is 9.89. The van der Waals surface area contributed by atoms with Crippen LogP contribution in [0.25, 0.3) is 16.8 Å². The molecule has 152 valence electrons. The van der Waals surface area contributed by atoms with Crippen molar-refractivity contribution in [1.82, 2.24) is 9.88 Å². The highest BCUT2D eigenvalue weighted by Crippen LogP contribution is 2.39. The highest BCUT2D eigenvalue weighted by molar-refractivity contribution is 5.99. The van der Waals surface area contributed by atoms with E-state index in [-0.39, 0.29) is 11.9 Å². The first-order chi connectivity index (χ1) is 15.3. The van der Waals surface area contributed by atoms with Crippen LogP contribution in [0.3, 0.4) is 0 Å². The molecule has 0 radical (unpaired) electrons. The molecule has 1 N–H and O–H groups in total. The quantitative estimate of drug-likeness (QED) is 0.443. The van der Waals surface area contributed by atoms with Crippen molar-refractivity contribution in [2.75, 3.05) is 6.54 Å². The summed E-state index contributed by atoms with van der Waals surface area (Å²) in [6, 6.07) is 24.6. The third-order valence-electron chi connectivity index (χ3n) is 6.69. The number of carbonyl (C=O) groups excluding carboxylic acids is 1. The van der Waals surface area contributed by atoms with E-state index in [2.05, 4.69) is 53.5 Å². The molecule has 0 fully saturated rings. The van der Waals surface area contributed by atoms with Gasteiger partial charge in [-0.2, -0.15) is 0 Å². The SMILES string of the molecule is O=C(c1ccc2ccccc2c1)N1CCc2c([nH]c3c2CCC=C3)C1c1ccccc1. The molecule has 1 aliphatic heterocycles. The Hall–Kier alpha value is -3.59. The van der Waals surface area contributed by atoms with Gasteiger partial charge >= 0.3 is 0 Å². The molecule has 3 nitrogen and oxygen atoms in total. The topological polar surface area (TPSA) is 36.1 Å². The number of nitrogens with one attached hydrogen (secondary N) is 1. The number of rotatable bonds is 2. The number of H-pyrrole nitrogens is 1. The summed E-state index contributed by atoms with van der Waals surface area (Å²) in [6.45, 7) is 0.728. The lowest BCUT2D eigenvalue weighted by Crippen LogP contribution is -2.40. The van der Waals surface area contributed by atoms with E-state index in [0.717, 1.165) is 47.7 Å². The average Bonchev–Trinajstić information content (AvgIpc) is 3.22. The van der Waals surface area contributed by atoms with E-state index in [1.54, 1.807) is 0 Å². The van der Waals surface area contributed by atoms with E-state index in [9.17, 15) is 4.79 Å². The summed E-state index contributed by atoms with van der Waals surface area (Å²) < 4.78 is 0. The highest BCUT2D eigenvalue weighted by Gasteiger charge is 2.36. The summed E-state index contributed by atoms with van der Waals surface area (Å²) in [5.41, 5.74) is 7.16. The Morgan fingerprint density at radius 2 is 1.68 bits per heavy atom. The second-order valence-electron chi connectivity index (χ2n) is 8.47. The van der Waals surface area contributed by atoms with Crippen LogP contribution in [-0.2, 0) is 12.8 Å². The van der Waals surface area contributed by atoms with E-state index in [1.807, 2.05) is 41.3 Å². The Bertz CT molecular complexity index is 1320. The van der Waals surface area contributed by atoms with Gasteiger partial charge in [0.25, 0.3) is 5.91 Å². The van der Waals surface area contributed by atoms with Gasteiger partial charge in [-0.15, -0.1) is 0 Å². The first-order valence-corrected chi connectivity index (χ1v) is 11.0. The summed E-state index contributed by atoms with van der Waals surface area (Å²) in [5.74, 6) is 0.0911. The molecule has 31 heavy (non-hydrogen) atoms. The van der Waals surface area contributed by atoms with E-state index in [1.165, 1.54) is 22.5 Å². The Labute approximate surface area is 182 Å². The average molecular weight is 405 g/mol. The summed E-state index contributed by atoms with van der Waals surface area (Å²) in [5, 5.41) is 2.26. The minimum atomic E-state index is -0.0945. The third kappa shape index (κ3) is 3.00. The van der Waals surface area contributed by atoms with Crippen LogP contribution in [-0.4, -0.2) is 22.3 Å². The summed E-state index contributed by atoms with van der Waals surface area (Å²) in [4.78, 5) is 19.5. The molecule has 2 heterocycles. The molecule has 0 saturated carbocycles. The molecule has 1 aliphatic carbocycles. The van der Waals surface area contributed by atoms with Crippen molar-refractivity contribution in [3.8, 4) is 0 Å². The van der Waals surface area contributed by atoms with E-state index < -0.39 is 0 Å². The summed E-state index contributed by atoms with van der Waals surface area (Å²) >= 11 is 0. The molecular formula is C28H24N2O. The number of amides is 1. The van der Waals surface area contributed by atoms with Crippen molar-refractivity contribution in [3.63, 3.8) is 0 Å². The second-order valence-corrected chi connectivity index (χ2v) is 8.47. The third-order valence-corrected chi connectivity index (χ3v) is 6.69. The number of carbonyl (C=O) groups is 1. The largest absolute Gasteiger partial charge is 0.356 e. The molecule has 3 heteroatoms. The molecule has 1 atom stereocenters. The fourth-order valence-electron chi connectivity index (χ4n) is 5.20. The van der Waals surface area contributed by atoms with Crippen molar-refractivity contribution < 1.29 is 4.79 Å². The molecule has 1 unspecified atom stereocenters. The molecule has 2 aliphatic rings. The van der Waals surface area contributed by atoms with Crippen molar-refractivity contribution in [3.05, 3.63) is 113 Å². The number of nitrogens with zero attached hydrogens (tertiary/aromatic N) is 1. The number of aromatic amines is 1. The predicted octanol–water partition coefficient (Wildman–Crippen LogP) is 5.92. The van der Waals surface area contributed by atoms with Gasteiger partial charge in [0, 0.05) is 23.5 Å². The molecular weight excluding hydrogens is 380 g/mol. The Morgan fingerprint density at radius 3 is 2.55 bits per heavy atom. The Morgan fingerprint density at radius 1 is 0.871 bits per heavy atom. The first-order valence-electron chi connectivity index (χ1n) is 11.0. The fraction of sp³-hybridized carbons (Fsp3) is 0.179. The van der Waals surface area contributed by atoms with Gasteiger partial charge in [-0.3, -0.25) is 4.79 Å². The zero-order valence-corrected chi connectivity index (χ0v) is 17.3. The van der Waals surface area contributed by atoms with Crippen LogP contribution in [0.2, 0.25) is 0 Å². The summed E-state index contributed by atoms with van der Waals surface area (Å²) in [7, 11) is 0. The van der Waals surface area contributed by atoms with Crippen LogP contribution >= 0.6 is 0 Å². The molecule has 0 bridgehead atoms. The number of aromatic nitrogens is 1. The number of hydrogen-bond acceptors (Lipinski definition) is 1. The van der Waals surface area contributed by atoms with Crippen LogP contribution in [0, 0.1) is 0 Å². The van der Waals surface area contributed by atoms with Crippen molar-refractivity contribution in [2.45, 2.75) is 25.3 Å². The number of allylic oxidation sites excluding steroid dienone is 1. The van der Waals surface area contributed by atoms with Gasteiger partial charge < -0.3 is 9.88 Å². The monoisotopic (exact) mass is 404 g/mol. The molecule has 1 aromatic heterocycles. The molecule has 4 aromatic rings. The second kappa shape index (κ2) is 7.28. The zero-order valence-electron chi connectivity index (χ0n) is 17.3. The lowest BCUT2D eigenvalue weighted by Gasteiger charge is -2.36. The lowest BCUT2D eigenvalue weighted by molar-refractivity contribution is 0.0691. The Balaban J connectivity index is 1.46. The predicted molar refractivity (Wildman–Crippen MR) is 125 cm³/mol. The van der Waals surface area contributed by atoms with Crippen molar-refractivity contribution >= 4 is 22.8 Å². The minimum absolute atomic E-state index is 0.0911. The fourth-order valence-corrected chi connectivity index (χ4v) is 5.20. The van der Waals surface area contributed by atoms with Gasteiger partial charge in [0.15, 0.2) is 0 Å². The van der Waals surface area contributed by atoms with Gasteiger partial charge in [-0.1, -0.05) is 66.7 Å². The Kier molecular flexibility index (Phi) is 4.27. The molecule has 0 spiro atoms. The molecule has 3 aromatic carbocycles. The molecule has 0 saturated heterocycles. The highest BCUT2D eigenvalue weighted by atomic mass is 16.2. The maximum absolute atomic E-state index is 13.8. The van der Waals surface area contributed by atoms with Crippen LogP contribution in [0.15, 0.2) is 78.9 Å². The number of benzene rings is 3. The number of hydrogen-bond donors (Lipinski definition) is 1. The maximum Gasteiger partial charge on any atom is 0.254 e. The van der Waals surface area contributed by atoms with Gasteiger partial charge in [0.05, 0.1) is 6.04 Å². The minimum Gasteiger partial charge on any atom is -0.356 e. The summed E-state index contributed by atoms with van der Waals surface area (Å²) in [6.07, 6.45) is 7.51. The number of fused-ring (bicyclic) bond motifs is 4. The normalized spacial score (nSPS) is 17.4. The van der Waals surface area contributed by atoms with E-state index in [0.29, 0.717) is 0 Å². The van der Waals surface area contributed by atoms with Crippen LogP contribution < -0.4 is 0 Å². The van der Waals surface area contributed by atoms with Crippen molar-refractivity contribution in [2.24, 2.45) is 0 Å². The van der Waals surface area contributed by atoms with Gasteiger partial charge in [-0.05, 0) is 64.9 Å². The van der Waals surface area contributed by atoms with Crippen LogP contribution in [0.4, 0.5) is 0 Å².